The molecule has 1 N–H and O–H groups in total. The second-order valence-corrected chi connectivity index (χ2v) is 5.19. The molecular weight excluding hydrogens is 252 g/mol. The van der Waals surface area contributed by atoms with Crippen molar-refractivity contribution in [2.75, 3.05) is 13.2 Å². The normalized spacial score (nSPS) is 17.1. The number of ether oxygens (including phenoxy) is 2. The number of para-hydroxylation sites is 1. The van der Waals surface area contributed by atoms with Crippen molar-refractivity contribution in [1.82, 2.24) is 0 Å². The van der Waals surface area contributed by atoms with Gasteiger partial charge in [-0.25, -0.2) is 0 Å². The number of fused-ring (bicyclic) bond motifs is 1. The predicted molar refractivity (Wildman–Crippen MR) is 77.6 cm³/mol. The van der Waals surface area contributed by atoms with Gasteiger partial charge in [0.15, 0.2) is 0 Å². The summed E-state index contributed by atoms with van der Waals surface area (Å²) in [4.78, 5) is 0. The molecule has 20 heavy (non-hydrogen) atoms. The molecule has 3 heteroatoms. The highest BCUT2D eigenvalue weighted by molar-refractivity contribution is 5.39. The molecule has 0 saturated carbocycles. The van der Waals surface area contributed by atoms with Crippen molar-refractivity contribution in [3.63, 3.8) is 0 Å². The van der Waals surface area contributed by atoms with E-state index in [-0.39, 0.29) is 5.75 Å². The lowest BCUT2D eigenvalue weighted by atomic mass is 9.94. The largest absolute Gasteiger partial charge is 0.508 e. The van der Waals surface area contributed by atoms with Crippen molar-refractivity contribution >= 4 is 0 Å². The van der Waals surface area contributed by atoms with Crippen molar-refractivity contribution < 1.29 is 14.6 Å². The third kappa shape index (κ3) is 2.72. The Morgan fingerprint density at radius 3 is 2.95 bits per heavy atom. The maximum atomic E-state index is 9.59. The van der Waals surface area contributed by atoms with Gasteiger partial charge in [-0.05, 0) is 37.1 Å². The van der Waals surface area contributed by atoms with Crippen LogP contribution in [0.1, 0.15) is 23.5 Å². The summed E-state index contributed by atoms with van der Waals surface area (Å²) in [7, 11) is 0. The first-order valence-corrected chi connectivity index (χ1v) is 6.87. The van der Waals surface area contributed by atoms with Gasteiger partial charge in [-0.3, -0.25) is 0 Å². The number of aryl methyl sites for hydroxylation is 1. The Balaban J connectivity index is 1.73. The van der Waals surface area contributed by atoms with Crippen LogP contribution in [-0.4, -0.2) is 18.3 Å². The van der Waals surface area contributed by atoms with Crippen molar-refractivity contribution in [1.29, 1.82) is 0 Å². The van der Waals surface area contributed by atoms with Crippen LogP contribution >= 0.6 is 0 Å². The Morgan fingerprint density at radius 1 is 1.25 bits per heavy atom. The highest BCUT2D eigenvalue weighted by Gasteiger charge is 2.21. The lowest BCUT2D eigenvalue weighted by Crippen LogP contribution is -2.19. The Bertz CT molecular complexity index is 587. The maximum absolute atomic E-state index is 9.59. The SMILES string of the molecule is Cc1cc(O)cc(OCC2CCOc3ccccc32)c1. The monoisotopic (exact) mass is 270 g/mol. The highest BCUT2D eigenvalue weighted by Crippen LogP contribution is 2.34. The summed E-state index contributed by atoms with van der Waals surface area (Å²) in [5.74, 6) is 2.25. The molecule has 2 aromatic rings. The van der Waals surface area contributed by atoms with Gasteiger partial charge >= 0.3 is 0 Å². The van der Waals surface area contributed by atoms with E-state index in [1.54, 1.807) is 12.1 Å². The molecule has 0 spiro atoms. The topological polar surface area (TPSA) is 38.7 Å². The van der Waals surface area contributed by atoms with Crippen LogP contribution in [0.5, 0.6) is 17.2 Å². The number of phenols is 1. The zero-order valence-electron chi connectivity index (χ0n) is 11.5. The summed E-state index contributed by atoms with van der Waals surface area (Å²) >= 11 is 0. The van der Waals surface area contributed by atoms with E-state index in [0.717, 1.165) is 24.3 Å². The number of aromatic hydroxyl groups is 1. The highest BCUT2D eigenvalue weighted by atomic mass is 16.5. The van der Waals surface area contributed by atoms with Crippen molar-refractivity contribution in [3.8, 4) is 17.2 Å². The second kappa shape index (κ2) is 5.45. The van der Waals surface area contributed by atoms with E-state index in [4.69, 9.17) is 9.47 Å². The molecule has 1 unspecified atom stereocenters. The molecule has 1 heterocycles. The summed E-state index contributed by atoms with van der Waals surface area (Å²) in [6.45, 7) is 3.27. The molecule has 0 fully saturated rings. The third-order valence-corrected chi connectivity index (χ3v) is 3.57. The summed E-state index contributed by atoms with van der Waals surface area (Å²) in [6.07, 6.45) is 0.953. The lowest BCUT2D eigenvalue weighted by molar-refractivity contribution is 0.217. The van der Waals surface area contributed by atoms with Crippen LogP contribution in [-0.2, 0) is 0 Å². The van der Waals surface area contributed by atoms with Gasteiger partial charge in [0.05, 0.1) is 13.2 Å². The van der Waals surface area contributed by atoms with E-state index in [1.165, 1.54) is 5.56 Å². The van der Waals surface area contributed by atoms with E-state index in [9.17, 15) is 5.11 Å². The summed E-state index contributed by atoms with van der Waals surface area (Å²) in [5.41, 5.74) is 2.20. The first kappa shape index (κ1) is 12.9. The van der Waals surface area contributed by atoms with E-state index in [0.29, 0.717) is 18.3 Å². The van der Waals surface area contributed by atoms with Gasteiger partial charge in [-0.2, -0.15) is 0 Å². The standard InChI is InChI=1S/C17H18O3/c1-12-8-14(18)10-15(9-12)20-11-13-6-7-19-17-5-3-2-4-16(13)17/h2-5,8-10,13,18H,6-7,11H2,1H3. The van der Waals surface area contributed by atoms with Gasteiger partial charge < -0.3 is 14.6 Å². The molecular formula is C17H18O3. The van der Waals surface area contributed by atoms with Crippen LogP contribution in [0.25, 0.3) is 0 Å². The Kier molecular flexibility index (Phi) is 3.50. The number of rotatable bonds is 3. The Morgan fingerprint density at radius 2 is 2.10 bits per heavy atom. The number of hydrogen-bond acceptors (Lipinski definition) is 3. The Hall–Kier alpha value is -2.16. The molecule has 1 aliphatic heterocycles. The van der Waals surface area contributed by atoms with Crippen molar-refractivity contribution in [2.45, 2.75) is 19.3 Å². The average molecular weight is 270 g/mol. The molecule has 0 saturated heterocycles. The van der Waals surface area contributed by atoms with Gasteiger partial charge in [0.1, 0.15) is 17.2 Å². The molecule has 0 amide bonds. The van der Waals surface area contributed by atoms with Crippen molar-refractivity contribution in [2.24, 2.45) is 0 Å². The second-order valence-electron chi connectivity index (χ2n) is 5.19. The average Bonchev–Trinajstić information content (AvgIpc) is 2.44. The summed E-state index contributed by atoms with van der Waals surface area (Å²) in [5, 5.41) is 9.59. The quantitative estimate of drug-likeness (QED) is 0.925. The van der Waals surface area contributed by atoms with Crippen LogP contribution in [0.15, 0.2) is 42.5 Å². The fraction of sp³-hybridized carbons (Fsp3) is 0.294. The van der Waals surface area contributed by atoms with Gasteiger partial charge in [0, 0.05) is 17.5 Å². The van der Waals surface area contributed by atoms with Gasteiger partial charge in [-0.1, -0.05) is 18.2 Å². The fourth-order valence-electron chi connectivity index (χ4n) is 2.60. The molecule has 0 aromatic heterocycles. The fourth-order valence-corrected chi connectivity index (χ4v) is 2.60. The van der Waals surface area contributed by atoms with Gasteiger partial charge in [0.2, 0.25) is 0 Å². The Labute approximate surface area is 118 Å². The molecule has 0 aliphatic carbocycles. The molecule has 3 nitrogen and oxygen atoms in total. The molecule has 0 radical (unpaired) electrons. The van der Waals surface area contributed by atoms with Crippen LogP contribution in [0.3, 0.4) is 0 Å². The smallest absolute Gasteiger partial charge is 0.123 e. The minimum atomic E-state index is 0.243. The van der Waals surface area contributed by atoms with Crippen LogP contribution in [0, 0.1) is 6.92 Å². The molecule has 0 bridgehead atoms. The summed E-state index contributed by atoms with van der Waals surface area (Å²) < 4.78 is 11.5. The van der Waals surface area contributed by atoms with E-state index in [1.807, 2.05) is 31.2 Å². The lowest BCUT2D eigenvalue weighted by Gasteiger charge is -2.25. The predicted octanol–water partition coefficient (Wildman–Crippen LogP) is 3.65. The van der Waals surface area contributed by atoms with E-state index >= 15 is 0 Å². The first-order chi connectivity index (χ1) is 9.72. The number of phenolic OH excluding ortho intramolecular Hbond substituents is 1. The zero-order valence-corrected chi connectivity index (χ0v) is 11.5. The number of hydrogen-bond donors (Lipinski definition) is 1. The molecule has 1 atom stereocenters. The van der Waals surface area contributed by atoms with E-state index in [2.05, 4.69) is 6.07 Å². The molecule has 3 rings (SSSR count). The molecule has 1 aliphatic rings. The van der Waals surface area contributed by atoms with Crippen molar-refractivity contribution in [3.05, 3.63) is 53.6 Å². The number of benzene rings is 2. The van der Waals surface area contributed by atoms with Crippen LogP contribution in [0.2, 0.25) is 0 Å². The minimum Gasteiger partial charge on any atom is -0.508 e. The maximum Gasteiger partial charge on any atom is 0.123 e. The minimum absolute atomic E-state index is 0.243. The van der Waals surface area contributed by atoms with Crippen LogP contribution < -0.4 is 9.47 Å². The summed E-state index contributed by atoms with van der Waals surface area (Å²) in [6, 6.07) is 13.4. The molecule has 104 valence electrons. The van der Waals surface area contributed by atoms with Gasteiger partial charge in [0.25, 0.3) is 0 Å². The van der Waals surface area contributed by atoms with E-state index < -0.39 is 0 Å². The molecule has 2 aromatic carbocycles. The van der Waals surface area contributed by atoms with Gasteiger partial charge in [-0.15, -0.1) is 0 Å². The third-order valence-electron chi connectivity index (χ3n) is 3.57. The first-order valence-electron chi connectivity index (χ1n) is 6.87. The van der Waals surface area contributed by atoms with Crippen LogP contribution in [0.4, 0.5) is 0 Å². The zero-order chi connectivity index (χ0) is 13.9.